The van der Waals surface area contributed by atoms with Crippen molar-refractivity contribution in [2.75, 3.05) is 4.72 Å². The van der Waals surface area contributed by atoms with E-state index in [1.165, 1.54) is 0 Å². The summed E-state index contributed by atoms with van der Waals surface area (Å²) in [6, 6.07) is 13.2. The van der Waals surface area contributed by atoms with Crippen molar-refractivity contribution in [1.82, 2.24) is 9.55 Å². The lowest BCUT2D eigenvalue weighted by molar-refractivity contribution is 0.601. The molecular weight excluding hydrogens is 334 g/mol. The molecule has 23 heavy (non-hydrogen) atoms. The number of imidazole rings is 1. The molecular formula is C16H14ClN3O2S. The lowest BCUT2D eigenvalue weighted by atomic mass is 10.2. The zero-order chi connectivity index (χ0) is 16.4. The van der Waals surface area contributed by atoms with Crippen molar-refractivity contribution in [2.24, 2.45) is 0 Å². The van der Waals surface area contributed by atoms with E-state index in [9.17, 15) is 8.42 Å². The van der Waals surface area contributed by atoms with E-state index in [2.05, 4.69) is 9.71 Å². The molecule has 7 heteroatoms. The summed E-state index contributed by atoms with van der Waals surface area (Å²) in [5.74, 6) is 0.729. The minimum absolute atomic E-state index is 0.197. The molecule has 0 aliphatic carbocycles. The fourth-order valence-electron chi connectivity index (χ4n) is 2.23. The Morgan fingerprint density at radius 3 is 2.52 bits per heavy atom. The van der Waals surface area contributed by atoms with Crippen molar-refractivity contribution >= 4 is 27.3 Å². The Morgan fingerprint density at radius 2 is 1.87 bits per heavy atom. The van der Waals surface area contributed by atoms with Gasteiger partial charge in [-0.2, -0.15) is 0 Å². The third kappa shape index (κ3) is 3.23. The van der Waals surface area contributed by atoms with Crippen LogP contribution in [-0.4, -0.2) is 18.0 Å². The molecule has 1 aromatic heterocycles. The molecule has 0 spiro atoms. The first kappa shape index (κ1) is 15.6. The van der Waals surface area contributed by atoms with E-state index in [0.29, 0.717) is 16.4 Å². The zero-order valence-electron chi connectivity index (χ0n) is 12.3. The summed E-state index contributed by atoms with van der Waals surface area (Å²) < 4.78 is 29.4. The van der Waals surface area contributed by atoms with Crippen LogP contribution in [0.5, 0.6) is 0 Å². The third-order valence-corrected chi connectivity index (χ3v) is 4.96. The molecule has 1 heterocycles. The molecule has 0 radical (unpaired) electrons. The van der Waals surface area contributed by atoms with Gasteiger partial charge in [-0.25, -0.2) is 13.4 Å². The van der Waals surface area contributed by atoms with Crippen LogP contribution in [-0.2, 0) is 10.0 Å². The molecule has 1 N–H and O–H groups in total. The summed E-state index contributed by atoms with van der Waals surface area (Å²) in [4.78, 5) is 4.36. The van der Waals surface area contributed by atoms with Crippen molar-refractivity contribution in [3.63, 3.8) is 0 Å². The fourth-order valence-corrected chi connectivity index (χ4v) is 3.49. The maximum Gasteiger partial charge on any atom is 0.261 e. The lowest BCUT2D eigenvalue weighted by Crippen LogP contribution is -2.14. The second-order valence-electron chi connectivity index (χ2n) is 4.92. The Balaban J connectivity index is 2.06. The molecule has 0 atom stereocenters. The van der Waals surface area contributed by atoms with Crippen molar-refractivity contribution in [1.29, 1.82) is 0 Å². The summed E-state index contributed by atoms with van der Waals surface area (Å²) in [5.41, 5.74) is 1.05. The lowest BCUT2D eigenvalue weighted by Gasteiger charge is -2.14. The van der Waals surface area contributed by atoms with Crippen LogP contribution in [0.15, 0.2) is 65.8 Å². The van der Waals surface area contributed by atoms with Crippen LogP contribution in [0.3, 0.4) is 0 Å². The number of nitrogens with zero attached hydrogens (tertiary/aromatic N) is 2. The van der Waals surface area contributed by atoms with Gasteiger partial charge in [0.2, 0.25) is 0 Å². The summed E-state index contributed by atoms with van der Waals surface area (Å²) in [7, 11) is -3.68. The zero-order valence-corrected chi connectivity index (χ0v) is 13.8. The normalized spacial score (nSPS) is 11.4. The van der Waals surface area contributed by atoms with Gasteiger partial charge < -0.3 is 4.57 Å². The van der Waals surface area contributed by atoms with Crippen molar-refractivity contribution in [3.05, 3.63) is 71.8 Å². The summed E-state index contributed by atoms with van der Waals surface area (Å²) >= 11 is 6.06. The van der Waals surface area contributed by atoms with Crippen LogP contribution in [0.1, 0.15) is 5.82 Å². The Labute approximate surface area is 139 Å². The first-order valence-electron chi connectivity index (χ1n) is 6.85. The molecule has 0 unspecified atom stereocenters. The maximum absolute atomic E-state index is 12.5. The van der Waals surface area contributed by atoms with Gasteiger partial charge in [0.25, 0.3) is 10.0 Å². The molecule has 0 aliphatic rings. The molecule has 3 rings (SSSR count). The van der Waals surface area contributed by atoms with Gasteiger partial charge in [-0.05, 0) is 37.3 Å². The van der Waals surface area contributed by atoms with Gasteiger partial charge in [-0.1, -0.05) is 29.8 Å². The van der Waals surface area contributed by atoms with Crippen molar-refractivity contribution in [3.8, 4) is 5.69 Å². The molecule has 0 saturated carbocycles. The van der Waals surface area contributed by atoms with Crippen molar-refractivity contribution in [2.45, 2.75) is 11.8 Å². The first-order valence-corrected chi connectivity index (χ1v) is 8.71. The van der Waals surface area contributed by atoms with E-state index in [-0.39, 0.29) is 4.90 Å². The molecule has 0 amide bonds. The van der Waals surface area contributed by atoms with Crippen LogP contribution in [0.4, 0.5) is 5.69 Å². The number of anilines is 1. The minimum Gasteiger partial charge on any atom is -0.302 e. The quantitative estimate of drug-likeness (QED) is 0.783. The predicted octanol–water partition coefficient (Wildman–Crippen LogP) is 3.63. The van der Waals surface area contributed by atoms with E-state index in [1.807, 2.05) is 6.92 Å². The molecule has 0 aliphatic heterocycles. The number of halogens is 1. The van der Waals surface area contributed by atoms with E-state index >= 15 is 0 Å². The van der Waals surface area contributed by atoms with E-state index in [1.54, 1.807) is 65.5 Å². The van der Waals surface area contributed by atoms with Crippen LogP contribution >= 0.6 is 11.6 Å². The smallest absolute Gasteiger partial charge is 0.261 e. The number of sulfonamides is 1. The fraction of sp³-hybridized carbons (Fsp3) is 0.0625. The number of benzene rings is 2. The number of hydrogen-bond acceptors (Lipinski definition) is 3. The molecule has 0 fully saturated rings. The SMILES string of the molecule is Cc1nccn1-c1cc(Cl)ccc1NS(=O)(=O)c1ccccc1. The molecule has 3 aromatic rings. The van der Waals surface area contributed by atoms with Crippen LogP contribution in [0.25, 0.3) is 5.69 Å². The van der Waals surface area contributed by atoms with Gasteiger partial charge in [0.15, 0.2) is 0 Å². The van der Waals surface area contributed by atoms with E-state index in [0.717, 1.165) is 5.82 Å². The molecule has 5 nitrogen and oxygen atoms in total. The highest BCUT2D eigenvalue weighted by Gasteiger charge is 2.17. The van der Waals surface area contributed by atoms with Gasteiger partial charge in [-0.3, -0.25) is 4.72 Å². The number of aromatic nitrogens is 2. The highest BCUT2D eigenvalue weighted by molar-refractivity contribution is 7.92. The van der Waals surface area contributed by atoms with Crippen LogP contribution in [0.2, 0.25) is 5.02 Å². The van der Waals surface area contributed by atoms with E-state index < -0.39 is 10.0 Å². The van der Waals surface area contributed by atoms with Gasteiger partial charge in [0.05, 0.1) is 16.3 Å². The molecule has 2 aromatic carbocycles. The largest absolute Gasteiger partial charge is 0.302 e. The van der Waals surface area contributed by atoms with Crippen LogP contribution < -0.4 is 4.72 Å². The number of aryl methyl sites for hydroxylation is 1. The number of nitrogens with one attached hydrogen (secondary N) is 1. The Bertz CT molecular complexity index is 937. The number of hydrogen-bond donors (Lipinski definition) is 1. The molecule has 0 saturated heterocycles. The number of rotatable bonds is 4. The second kappa shape index (κ2) is 6.06. The average molecular weight is 348 g/mol. The van der Waals surface area contributed by atoms with E-state index in [4.69, 9.17) is 11.6 Å². The molecule has 0 bridgehead atoms. The van der Waals surface area contributed by atoms with Gasteiger partial charge in [-0.15, -0.1) is 0 Å². The third-order valence-electron chi connectivity index (χ3n) is 3.34. The first-order chi connectivity index (χ1) is 11.0. The molecule has 118 valence electrons. The monoisotopic (exact) mass is 347 g/mol. The summed E-state index contributed by atoms with van der Waals surface area (Å²) in [6.07, 6.45) is 3.40. The average Bonchev–Trinajstić information content (AvgIpc) is 2.96. The Hall–Kier alpha value is -2.31. The van der Waals surface area contributed by atoms with Gasteiger partial charge >= 0.3 is 0 Å². The van der Waals surface area contributed by atoms with Crippen LogP contribution in [0, 0.1) is 6.92 Å². The highest BCUT2D eigenvalue weighted by Crippen LogP contribution is 2.27. The second-order valence-corrected chi connectivity index (χ2v) is 7.04. The standard InChI is InChI=1S/C16H14ClN3O2S/c1-12-18-9-10-20(12)16-11-13(17)7-8-15(16)19-23(21,22)14-5-3-2-4-6-14/h2-11,19H,1H3. The van der Waals surface area contributed by atoms with Crippen molar-refractivity contribution < 1.29 is 8.42 Å². The Morgan fingerprint density at radius 1 is 1.13 bits per heavy atom. The Kier molecular flexibility index (Phi) is 4.11. The minimum atomic E-state index is -3.68. The topological polar surface area (TPSA) is 64.0 Å². The summed E-state index contributed by atoms with van der Waals surface area (Å²) in [6.45, 7) is 1.83. The van der Waals surface area contributed by atoms with Gasteiger partial charge in [0, 0.05) is 17.4 Å². The van der Waals surface area contributed by atoms with Gasteiger partial charge in [0.1, 0.15) is 5.82 Å². The summed E-state index contributed by atoms with van der Waals surface area (Å²) in [5, 5.41) is 0.510. The predicted molar refractivity (Wildman–Crippen MR) is 90.6 cm³/mol. The highest BCUT2D eigenvalue weighted by atomic mass is 35.5. The maximum atomic E-state index is 12.5.